The monoisotopic (exact) mass is 548 g/mol. The summed E-state index contributed by atoms with van der Waals surface area (Å²) in [7, 11) is 0. The highest BCUT2D eigenvalue weighted by Gasteiger charge is 2.62. The lowest BCUT2D eigenvalue weighted by Gasteiger charge is -2.46. The van der Waals surface area contributed by atoms with E-state index in [-0.39, 0.29) is 18.8 Å². The van der Waals surface area contributed by atoms with Crippen LogP contribution in [0, 0.1) is 5.82 Å². The standard InChI is InChI=1S/C24H22Cl2F4N2O4/c1-21(2,3)35-20(33)32-11-22(34,12-32)14-6-4-13(5-7-14)18-10-23(36-31-18,24(28,29)30)15-8-16(25)19(27)17(26)9-15/h4-9,34H,10-12H2,1-3H3/t23-/m0/s1. The van der Waals surface area contributed by atoms with Crippen molar-refractivity contribution in [2.75, 3.05) is 13.1 Å². The number of nitrogens with zero attached hydrogens (tertiary/aromatic N) is 2. The highest BCUT2D eigenvalue weighted by atomic mass is 35.5. The Morgan fingerprint density at radius 2 is 1.64 bits per heavy atom. The largest absolute Gasteiger partial charge is 0.444 e. The molecule has 36 heavy (non-hydrogen) atoms. The molecule has 12 heteroatoms. The second-order valence-electron chi connectivity index (χ2n) is 9.83. The van der Waals surface area contributed by atoms with Gasteiger partial charge in [-0.05, 0) is 44.0 Å². The zero-order chi connectivity index (χ0) is 26.7. The second kappa shape index (κ2) is 8.78. The van der Waals surface area contributed by atoms with Crippen molar-refractivity contribution in [2.45, 2.75) is 50.2 Å². The summed E-state index contributed by atoms with van der Waals surface area (Å²) < 4.78 is 61.6. The van der Waals surface area contributed by atoms with Crippen LogP contribution in [0.2, 0.25) is 10.0 Å². The molecule has 0 bridgehead atoms. The van der Waals surface area contributed by atoms with E-state index in [0.29, 0.717) is 11.1 Å². The van der Waals surface area contributed by atoms with Crippen LogP contribution < -0.4 is 0 Å². The van der Waals surface area contributed by atoms with Gasteiger partial charge >= 0.3 is 12.3 Å². The van der Waals surface area contributed by atoms with E-state index >= 15 is 0 Å². The van der Waals surface area contributed by atoms with Crippen molar-refractivity contribution in [3.63, 3.8) is 0 Å². The molecule has 0 aliphatic carbocycles. The van der Waals surface area contributed by atoms with Gasteiger partial charge in [0.25, 0.3) is 5.60 Å². The van der Waals surface area contributed by atoms with E-state index in [2.05, 4.69) is 5.16 Å². The average Bonchev–Trinajstić information content (AvgIpc) is 3.21. The van der Waals surface area contributed by atoms with Crippen molar-refractivity contribution < 1.29 is 37.0 Å². The SMILES string of the molecule is CC(C)(C)OC(=O)N1CC(O)(c2ccc(C3=NO[C@@](c4cc(Cl)c(F)c(Cl)c4)(C(F)(F)F)C3)cc2)C1. The number of carbonyl (C=O) groups excluding carboxylic acids is 1. The molecule has 2 aromatic carbocycles. The Balaban J connectivity index is 1.52. The van der Waals surface area contributed by atoms with Gasteiger partial charge in [0, 0.05) is 12.0 Å². The molecule has 1 saturated heterocycles. The number of hydrogen-bond acceptors (Lipinski definition) is 5. The van der Waals surface area contributed by atoms with Crippen LogP contribution in [0.25, 0.3) is 0 Å². The summed E-state index contributed by atoms with van der Waals surface area (Å²) in [6.45, 7) is 5.22. The van der Waals surface area contributed by atoms with Gasteiger partial charge in [0.2, 0.25) is 0 Å². The third kappa shape index (κ3) is 4.73. The molecule has 6 nitrogen and oxygen atoms in total. The quantitative estimate of drug-likeness (QED) is 0.368. The molecule has 2 heterocycles. The molecule has 2 aliphatic heterocycles. The van der Waals surface area contributed by atoms with Gasteiger partial charge in [-0.3, -0.25) is 0 Å². The lowest BCUT2D eigenvalue weighted by molar-refractivity contribution is -0.275. The maximum Gasteiger partial charge on any atom is 0.435 e. The molecule has 0 radical (unpaired) electrons. The van der Waals surface area contributed by atoms with Crippen LogP contribution >= 0.6 is 23.2 Å². The third-order valence-electron chi connectivity index (χ3n) is 5.95. The Morgan fingerprint density at radius 3 is 2.14 bits per heavy atom. The predicted molar refractivity (Wildman–Crippen MR) is 125 cm³/mol. The molecule has 2 aliphatic rings. The maximum absolute atomic E-state index is 14.2. The lowest BCUT2D eigenvalue weighted by Crippen LogP contribution is -2.61. The van der Waals surface area contributed by atoms with Crippen molar-refractivity contribution in [1.29, 1.82) is 0 Å². The highest BCUT2D eigenvalue weighted by molar-refractivity contribution is 6.35. The molecule has 4 rings (SSSR count). The van der Waals surface area contributed by atoms with Gasteiger partial charge in [0.15, 0.2) is 5.82 Å². The number of oxime groups is 1. The molecular formula is C24H22Cl2F4N2O4. The van der Waals surface area contributed by atoms with Crippen molar-refractivity contribution in [3.8, 4) is 0 Å². The van der Waals surface area contributed by atoms with E-state index in [4.69, 9.17) is 32.8 Å². The molecule has 0 unspecified atom stereocenters. The van der Waals surface area contributed by atoms with Gasteiger partial charge in [0.1, 0.15) is 11.2 Å². The first-order valence-electron chi connectivity index (χ1n) is 10.8. The Kier molecular flexibility index (Phi) is 6.46. The highest BCUT2D eigenvalue weighted by Crippen LogP contribution is 2.50. The van der Waals surface area contributed by atoms with Crippen LogP contribution in [0.1, 0.15) is 43.9 Å². The van der Waals surface area contributed by atoms with Crippen LogP contribution in [0.3, 0.4) is 0 Å². The number of β-amino-alcohol motifs (C(OH)–C–C–N with tert-alkyl or cyclic N) is 1. The summed E-state index contributed by atoms with van der Waals surface area (Å²) in [6.07, 6.45) is -6.18. The topological polar surface area (TPSA) is 71.4 Å². The van der Waals surface area contributed by atoms with Crippen molar-refractivity contribution in [2.24, 2.45) is 5.16 Å². The summed E-state index contributed by atoms with van der Waals surface area (Å²) in [5.74, 6) is -1.03. The van der Waals surface area contributed by atoms with E-state index in [1.54, 1.807) is 32.9 Å². The number of benzene rings is 2. The molecule has 1 N–H and O–H groups in total. The van der Waals surface area contributed by atoms with Crippen LogP contribution in [0.15, 0.2) is 41.6 Å². The first-order valence-corrected chi connectivity index (χ1v) is 11.6. The van der Waals surface area contributed by atoms with Gasteiger partial charge in [-0.1, -0.05) is 52.6 Å². The summed E-state index contributed by atoms with van der Waals surface area (Å²) in [5, 5.41) is 13.4. The molecule has 0 spiro atoms. The Morgan fingerprint density at radius 1 is 1.08 bits per heavy atom. The minimum absolute atomic E-state index is 0.00794. The molecule has 0 saturated carbocycles. The molecule has 0 aromatic heterocycles. The van der Waals surface area contributed by atoms with Gasteiger partial charge in [-0.25, -0.2) is 9.18 Å². The average molecular weight is 549 g/mol. The summed E-state index contributed by atoms with van der Waals surface area (Å²) in [4.78, 5) is 18.4. The summed E-state index contributed by atoms with van der Waals surface area (Å²) >= 11 is 11.5. The van der Waals surface area contributed by atoms with Gasteiger partial charge < -0.3 is 19.6 Å². The fourth-order valence-electron chi connectivity index (χ4n) is 4.04. The summed E-state index contributed by atoms with van der Waals surface area (Å²) in [6, 6.07) is 7.74. The van der Waals surface area contributed by atoms with Crippen LogP contribution in [0.4, 0.5) is 22.4 Å². The molecular weight excluding hydrogens is 527 g/mol. The minimum Gasteiger partial charge on any atom is -0.444 e. The number of amides is 1. The lowest BCUT2D eigenvalue weighted by atomic mass is 9.84. The van der Waals surface area contributed by atoms with Crippen molar-refractivity contribution >= 4 is 35.0 Å². The van der Waals surface area contributed by atoms with Gasteiger partial charge in [-0.15, -0.1) is 0 Å². The second-order valence-corrected chi connectivity index (χ2v) is 10.6. The van der Waals surface area contributed by atoms with Crippen LogP contribution in [0.5, 0.6) is 0 Å². The van der Waals surface area contributed by atoms with E-state index in [1.165, 1.54) is 17.0 Å². The fourth-order valence-corrected chi connectivity index (χ4v) is 4.53. The van der Waals surface area contributed by atoms with E-state index in [0.717, 1.165) is 12.1 Å². The molecule has 2 aromatic rings. The number of alkyl halides is 3. The van der Waals surface area contributed by atoms with Crippen LogP contribution in [-0.4, -0.2) is 46.7 Å². The van der Waals surface area contributed by atoms with Gasteiger partial charge in [0.05, 0.1) is 28.8 Å². The zero-order valence-corrected chi connectivity index (χ0v) is 20.9. The number of aliphatic hydroxyl groups is 1. The third-order valence-corrected chi connectivity index (χ3v) is 6.50. The van der Waals surface area contributed by atoms with E-state index in [9.17, 15) is 27.5 Å². The molecule has 1 atom stereocenters. The Labute approximate surface area is 214 Å². The summed E-state index contributed by atoms with van der Waals surface area (Å²) in [5.41, 5.74) is -4.57. The van der Waals surface area contributed by atoms with Gasteiger partial charge in [-0.2, -0.15) is 13.2 Å². The Hall–Kier alpha value is -2.56. The van der Waals surface area contributed by atoms with E-state index < -0.39 is 56.9 Å². The van der Waals surface area contributed by atoms with Crippen molar-refractivity contribution in [3.05, 3.63) is 69.0 Å². The normalized spacial score (nSPS) is 21.5. The van der Waals surface area contributed by atoms with Crippen LogP contribution in [-0.2, 0) is 20.8 Å². The smallest absolute Gasteiger partial charge is 0.435 e. The molecule has 1 fully saturated rings. The maximum atomic E-state index is 14.2. The number of halogens is 6. The number of rotatable bonds is 3. The zero-order valence-electron chi connectivity index (χ0n) is 19.4. The number of ether oxygens (including phenoxy) is 1. The first kappa shape index (κ1) is 26.5. The van der Waals surface area contributed by atoms with Crippen molar-refractivity contribution in [1.82, 2.24) is 4.90 Å². The van der Waals surface area contributed by atoms with E-state index in [1.807, 2.05) is 0 Å². The number of likely N-dealkylation sites (tertiary alicyclic amines) is 1. The minimum atomic E-state index is -4.92. The Bertz CT molecular complexity index is 1200. The predicted octanol–water partition coefficient (Wildman–Crippen LogP) is 6.15. The molecule has 1 amide bonds. The fraction of sp³-hybridized carbons (Fsp3) is 0.417. The first-order chi connectivity index (χ1) is 16.5. The number of carbonyl (C=O) groups is 1. The molecule has 194 valence electrons. The number of hydrogen-bond donors (Lipinski definition) is 1.